The van der Waals surface area contributed by atoms with E-state index >= 15 is 0 Å². The van der Waals surface area contributed by atoms with E-state index in [1.54, 1.807) is 13.8 Å². The second kappa shape index (κ2) is 9.87. The zero-order chi connectivity index (χ0) is 25.5. The predicted molar refractivity (Wildman–Crippen MR) is 128 cm³/mol. The van der Waals surface area contributed by atoms with Crippen LogP contribution in [0.2, 0.25) is 5.15 Å². The quantitative estimate of drug-likeness (QED) is 0.446. The average molecular weight is 528 g/mol. The molecule has 7 nitrogen and oxygen atoms in total. The molecular weight excluding hydrogens is 503 g/mol. The SMILES string of the molecule is Cc1nc(N[C@H](C)c2cccc(C(F)F)c2F)c2cc(S(=O)(=O)C3CCN(C)CC3)c(Cl)nc2n1. The standard InChI is InChI=1S/C23H25ClF3N5O2S/c1-12(15-5-4-6-16(19(15)25)21(26)27)28-22-17-11-18(20(24)31-23(17)30-13(2)29-22)35(33,34)14-7-9-32(3)10-8-14/h4-6,11-12,14,21H,7-10H2,1-3H3,(H,28,29,30,31)/t12-/m1/s1. The normalized spacial score (nSPS) is 16.7. The van der Waals surface area contributed by atoms with E-state index in [2.05, 4.69) is 25.2 Å². The van der Waals surface area contributed by atoms with Crippen molar-refractivity contribution >= 4 is 38.3 Å². The van der Waals surface area contributed by atoms with Gasteiger partial charge >= 0.3 is 0 Å². The summed E-state index contributed by atoms with van der Waals surface area (Å²) in [6.45, 7) is 4.51. The monoisotopic (exact) mass is 527 g/mol. The number of nitrogens with zero attached hydrogens (tertiary/aromatic N) is 4. The molecule has 1 aromatic carbocycles. The van der Waals surface area contributed by atoms with Crippen molar-refractivity contribution in [1.82, 2.24) is 19.9 Å². The van der Waals surface area contributed by atoms with Gasteiger partial charge in [-0.15, -0.1) is 0 Å². The molecule has 1 N–H and O–H groups in total. The number of likely N-dealkylation sites (tertiary alicyclic amines) is 1. The molecule has 35 heavy (non-hydrogen) atoms. The number of rotatable bonds is 6. The fourth-order valence-corrected chi connectivity index (χ4v) is 6.47. The first kappa shape index (κ1) is 25.6. The number of pyridine rings is 1. The van der Waals surface area contributed by atoms with Gasteiger partial charge in [0.2, 0.25) is 0 Å². The van der Waals surface area contributed by atoms with Crippen molar-refractivity contribution in [1.29, 1.82) is 0 Å². The number of anilines is 1. The molecule has 0 aliphatic carbocycles. The van der Waals surface area contributed by atoms with Gasteiger partial charge < -0.3 is 10.2 Å². The Labute approximate surface area is 206 Å². The number of halogens is 4. The molecule has 0 amide bonds. The summed E-state index contributed by atoms with van der Waals surface area (Å²) in [5.74, 6) is -0.487. The summed E-state index contributed by atoms with van der Waals surface area (Å²) in [4.78, 5) is 14.8. The maximum Gasteiger partial charge on any atom is 0.266 e. The topological polar surface area (TPSA) is 88.1 Å². The van der Waals surface area contributed by atoms with E-state index in [1.807, 2.05) is 7.05 Å². The van der Waals surface area contributed by atoms with Crippen molar-refractivity contribution in [3.05, 3.63) is 52.2 Å². The van der Waals surface area contributed by atoms with Crippen LogP contribution in [0.3, 0.4) is 0 Å². The summed E-state index contributed by atoms with van der Waals surface area (Å²) in [7, 11) is -1.85. The van der Waals surface area contributed by atoms with Crippen LogP contribution in [0, 0.1) is 12.7 Å². The third-order valence-electron chi connectivity index (χ3n) is 6.24. The smallest absolute Gasteiger partial charge is 0.266 e. The first-order valence-corrected chi connectivity index (χ1v) is 13.0. The fraction of sp³-hybridized carbons (Fsp3) is 0.435. The highest BCUT2D eigenvalue weighted by molar-refractivity contribution is 7.92. The van der Waals surface area contributed by atoms with Gasteiger partial charge in [0.05, 0.1) is 22.2 Å². The number of aromatic nitrogens is 3. The minimum atomic E-state index is -3.78. The summed E-state index contributed by atoms with van der Waals surface area (Å²) in [5, 5.41) is 2.52. The van der Waals surface area contributed by atoms with E-state index in [-0.39, 0.29) is 32.5 Å². The molecule has 12 heteroatoms. The molecule has 0 bridgehead atoms. The van der Waals surface area contributed by atoms with E-state index in [0.29, 0.717) is 31.8 Å². The Morgan fingerprint density at radius 2 is 1.80 bits per heavy atom. The van der Waals surface area contributed by atoms with Gasteiger partial charge in [0.1, 0.15) is 27.5 Å². The van der Waals surface area contributed by atoms with Crippen molar-refractivity contribution in [2.75, 3.05) is 25.5 Å². The van der Waals surface area contributed by atoms with Crippen LogP contribution in [-0.4, -0.2) is 53.7 Å². The van der Waals surface area contributed by atoms with Crippen LogP contribution in [-0.2, 0) is 9.84 Å². The van der Waals surface area contributed by atoms with Crippen LogP contribution in [0.25, 0.3) is 11.0 Å². The van der Waals surface area contributed by atoms with Crippen LogP contribution in [0.4, 0.5) is 19.0 Å². The highest BCUT2D eigenvalue weighted by Gasteiger charge is 2.33. The van der Waals surface area contributed by atoms with Crippen molar-refractivity contribution in [3.63, 3.8) is 0 Å². The molecule has 1 saturated heterocycles. The zero-order valence-electron chi connectivity index (χ0n) is 19.4. The molecule has 0 spiro atoms. The molecule has 3 aromatic rings. The lowest BCUT2D eigenvalue weighted by atomic mass is 10.0. The highest BCUT2D eigenvalue weighted by atomic mass is 35.5. The highest BCUT2D eigenvalue weighted by Crippen LogP contribution is 2.34. The summed E-state index contributed by atoms with van der Waals surface area (Å²) in [6, 6.07) is 4.41. The Bertz CT molecular complexity index is 1370. The summed E-state index contributed by atoms with van der Waals surface area (Å²) in [6.07, 6.45) is -2.01. The molecule has 1 fully saturated rings. The van der Waals surface area contributed by atoms with Crippen molar-refractivity contribution in [2.45, 2.75) is 49.3 Å². The molecule has 0 saturated carbocycles. The maximum absolute atomic E-state index is 14.7. The van der Waals surface area contributed by atoms with Crippen LogP contribution in [0.1, 0.15) is 49.2 Å². The van der Waals surface area contributed by atoms with Crippen molar-refractivity contribution < 1.29 is 21.6 Å². The van der Waals surface area contributed by atoms with Crippen molar-refractivity contribution in [3.8, 4) is 0 Å². The third-order valence-corrected chi connectivity index (χ3v) is 8.92. The van der Waals surface area contributed by atoms with Crippen LogP contribution >= 0.6 is 11.6 Å². The summed E-state index contributed by atoms with van der Waals surface area (Å²) < 4.78 is 67.8. The largest absolute Gasteiger partial charge is 0.363 e. The number of piperidine rings is 1. The van der Waals surface area contributed by atoms with E-state index in [0.717, 1.165) is 6.07 Å². The summed E-state index contributed by atoms with van der Waals surface area (Å²) >= 11 is 6.31. The van der Waals surface area contributed by atoms with Gasteiger partial charge in [-0.1, -0.05) is 29.8 Å². The molecule has 2 aromatic heterocycles. The minimum Gasteiger partial charge on any atom is -0.363 e. The number of nitrogens with one attached hydrogen (secondary N) is 1. The van der Waals surface area contributed by atoms with E-state index in [4.69, 9.17) is 11.6 Å². The Kier molecular flexibility index (Phi) is 7.21. The number of alkyl halides is 2. The van der Waals surface area contributed by atoms with E-state index in [9.17, 15) is 21.6 Å². The van der Waals surface area contributed by atoms with Crippen molar-refractivity contribution in [2.24, 2.45) is 0 Å². The molecule has 1 aliphatic heterocycles. The number of hydrogen-bond donors (Lipinski definition) is 1. The van der Waals surface area contributed by atoms with E-state index in [1.165, 1.54) is 18.2 Å². The third kappa shape index (κ3) is 5.07. The Morgan fingerprint density at radius 1 is 1.14 bits per heavy atom. The van der Waals surface area contributed by atoms with E-state index < -0.39 is 38.9 Å². The molecular formula is C23H25ClF3N5O2S. The molecule has 188 valence electrons. The molecule has 0 unspecified atom stereocenters. The van der Waals surface area contributed by atoms with Gasteiger partial charge in [-0.05, 0) is 52.9 Å². The second-order valence-corrected chi connectivity index (χ2v) is 11.3. The molecule has 0 radical (unpaired) electrons. The van der Waals surface area contributed by atoms with Crippen LogP contribution in [0.5, 0.6) is 0 Å². The lowest BCUT2D eigenvalue weighted by Gasteiger charge is -2.28. The Hall–Kier alpha value is -2.50. The molecule has 1 aliphatic rings. The number of hydrogen-bond acceptors (Lipinski definition) is 7. The minimum absolute atomic E-state index is 0.0216. The molecule has 1 atom stereocenters. The number of aryl methyl sites for hydroxylation is 1. The first-order chi connectivity index (χ1) is 16.5. The average Bonchev–Trinajstić information content (AvgIpc) is 2.78. The van der Waals surface area contributed by atoms with Crippen LogP contribution < -0.4 is 5.32 Å². The van der Waals surface area contributed by atoms with Gasteiger partial charge in [0.15, 0.2) is 15.5 Å². The first-order valence-electron chi connectivity index (χ1n) is 11.1. The van der Waals surface area contributed by atoms with Gasteiger partial charge in [-0.3, -0.25) is 0 Å². The fourth-order valence-electron chi connectivity index (χ4n) is 4.26. The lowest BCUT2D eigenvalue weighted by molar-refractivity contribution is 0.146. The zero-order valence-corrected chi connectivity index (χ0v) is 21.0. The second-order valence-electron chi connectivity index (χ2n) is 8.73. The van der Waals surface area contributed by atoms with Gasteiger partial charge in [-0.25, -0.2) is 36.5 Å². The van der Waals surface area contributed by atoms with Gasteiger partial charge in [-0.2, -0.15) is 0 Å². The predicted octanol–water partition coefficient (Wildman–Crippen LogP) is 5.10. The number of fused-ring (bicyclic) bond motifs is 1. The summed E-state index contributed by atoms with van der Waals surface area (Å²) in [5.41, 5.74) is -0.505. The Morgan fingerprint density at radius 3 is 2.46 bits per heavy atom. The van der Waals surface area contributed by atoms with Gasteiger partial charge in [0.25, 0.3) is 6.43 Å². The maximum atomic E-state index is 14.7. The molecule has 3 heterocycles. The number of benzene rings is 1. The Balaban J connectivity index is 1.76. The van der Waals surface area contributed by atoms with Gasteiger partial charge in [0, 0.05) is 5.56 Å². The lowest BCUT2D eigenvalue weighted by Crippen LogP contribution is -2.37. The van der Waals surface area contributed by atoms with Crippen LogP contribution in [0.15, 0.2) is 29.2 Å². The number of sulfone groups is 1. The molecule has 4 rings (SSSR count).